The summed E-state index contributed by atoms with van der Waals surface area (Å²) in [6, 6.07) is 9.14. The van der Waals surface area contributed by atoms with Crippen LogP contribution in [0.25, 0.3) is 0 Å². The average molecular weight is 314 g/mol. The molecule has 1 fully saturated rings. The van der Waals surface area contributed by atoms with Gasteiger partial charge in [-0.3, -0.25) is 14.4 Å². The molecule has 0 radical (unpaired) electrons. The van der Waals surface area contributed by atoms with Gasteiger partial charge >= 0.3 is 0 Å². The molecule has 6 nitrogen and oxygen atoms in total. The van der Waals surface area contributed by atoms with E-state index in [1.807, 2.05) is 37.6 Å². The Labute approximate surface area is 135 Å². The van der Waals surface area contributed by atoms with Gasteiger partial charge in [-0.1, -0.05) is 18.2 Å². The smallest absolute Gasteiger partial charge is 0.251 e. The highest BCUT2D eigenvalue weighted by Gasteiger charge is 2.33. The van der Waals surface area contributed by atoms with Crippen LogP contribution in [-0.4, -0.2) is 51.4 Å². The molecular weight excluding hydrogens is 292 g/mol. The van der Waals surface area contributed by atoms with Gasteiger partial charge in [-0.15, -0.1) is 0 Å². The van der Waals surface area contributed by atoms with Gasteiger partial charge in [-0.25, -0.2) is 0 Å². The summed E-state index contributed by atoms with van der Waals surface area (Å²) in [5.41, 5.74) is 1.79. The van der Waals surface area contributed by atoms with Crippen molar-refractivity contribution in [2.75, 3.05) is 19.7 Å². The summed E-state index contributed by atoms with van der Waals surface area (Å²) in [7, 11) is 1.90. The van der Waals surface area contributed by atoms with Crippen molar-refractivity contribution >= 4 is 5.91 Å². The van der Waals surface area contributed by atoms with Gasteiger partial charge in [0.25, 0.3) is 5.91 Å². The molecule has 1 aliphatic heterocycles. The van der Waals surface area contributed by atoms with E-state index in [1.165, 1.54) is 0 Å². The Morgan fingerprint density at radius 3 is 2.78 bits per heavy atom. The van der Waals surface area contributed by atoms with Crippen molar-refractivity contribution in [3.8, 4) is 0 Å². The lowest BCUT2D eigenvalue weighted by Gasteiger charge is -2.18. The number of aryl methyl sites for hydroxylation is 1. The number of hydrogen-bond acceptors (Lipinski definition) is 4. The Morgan fingerprint density at radius 1 is 1.35 bits per heavy atom. The summed E-state index contributed by atoms with van der Waals surface area (Å²) < 4.78 is 1.78. The van der Waals surface area contributed by atoms with Crippen LogP contribution in [0.5, 0.6) is 0 Å². The zero-order valence-electron chi connectivity index (χ0n) is 13.2. The maximum absolute atomic E-state index is 12.3. The molecule has 6 heteroatoms. The number of rotatable bonds is 5. The van der Waals surface area contributed by atoms with E-state index < -0.39 is 0 Å². The predicted octanol–water partition coefficient (Wildman–Crippen LogP) is 0.643. The van der Waals surface area contributed by atoms with Crippen LogP contribution >= 0.6 is 0 Å². The number of nitrogens with one attached hydrogen (secondary N) is 1. The second kappa shape index (κ2) is 6.93. The molecule has 1 aromatic carbocycles. The third kappa shape index (κ3) is 3.78. The third-order valence-electron chi connectivity index (χ3n) is 4.27. The minimum atomic E-state index is -0.0859. The van der Waals surface area contributed by atoms with Gasteiger partial charge in [0.2, 0.25) is 0 Å². The summed E-state index contributed by atoms with van der Waals surface area (Å²) in [6.07, 6.45) is 3.84. The van der Waals surface area contributed by atoms with Crippen molar-refractivity contribution < 1.29 is 9.90 Å². The topological polar surface area (TPSA) is 70.4 Å². The monoisotopic (exact) mass is 314 g/mol. The lowest BCUT2D eigenvalue weighted by Crippen LogP contribution is -2.41. The summed E-state index contributed by atoms with van der Waals surface area (Å²) in [6.45, 7) is 2.36. The number of carbonyl (C=O) groups excluding carboxylic acids is 1. The van der Waals surface area contributed by atoms with E-state index in [-0.39, 0.29) is 24.5 Å². The van der Waals surface area contributed by atoms with E-state index in [0.717, 1.165) is 25.2 Å². The summed E-state index contributed by atoms with van der Waals surface area (Å²) in [5.74, 6) is -0.0309. The van der Waals surface area contributed by atoms with Gasteiger partial charge in [-0.05, 0) is 12.1 Å². The van der Waals surface area contributed by atoms with Crippen LogP contribution in [-0.2, 0) is 13.6 Å². The van der Waals surface area contributed by atoms with Crippen molar-refractivity contribution in [1.82, 2.24) is 20.0 Å². The van der Waals surface area contributed by atoms with Crippen molar-refractivity contribution in [2.24, 2.45) is 13.0 Å². The Kier molecular flexibility index (Phi) is 4.73. The number of aliphatic hydroxyl groups excluding tert-OH is 1. The fraction of sp³-hybridized carbons (Fsp3) is 0.412. The summed E-state index contributed by atoms with van der Waals surface area (Å²) in [5, 5.41) is 16.8. The van der Waals surface area contributed by atoms with Crippen LogP contribution in [0.15, 0.2) is 42.7 Å². The average Bonchev–Trinajstić information content (AvgIpc) is 3.14. The van der Waals surface area contributed by atoms with Crippen LogP contribution in [0.2, 0.25) is 0 Å². The van der Waals surface area contributed by atoms with E-state index in [1.54, 1.807) is 16.8 Å². The zero-order chi connectivity index (χ0) is 16.2. The number of amides is 1. The molecule has 0 unspecified atom stereocenters. The lowest BCUT2D eigenvalue weighted by molar-refractivity contribution is 0.0921. The van der Waals surface area contributed by atoms with Gasteiger partial charge in [0.05, 0.1) is 6.20 Å². The molecule has 0 spiro atoms. The first-order chi connectivity index (χ1) is 11.2. The summed E-state index contributed by atoms with van der Waals surface area (Å²) >= 11 is 0. The number of likely N-dealkylation sites (tertiary alicyclic amines) is 1. The molecule has 1 aromatic heterocycles. The highest BCUT2D eigenvalue weighted by molar-refractivity contribution is 5.94. The quantitative estimate of drug-likeness (QED) is 0.850. The number of hydrogen-bond donors (Lipinski definition) is 2. The fourth-order valence-electron chi connectivity index (χ4n) is 3.09. The molecule has 0 aliphatic carbocycles. The van der Waals surface area contributed by atoms with Crippen LogP contribution < -0.4 is 5.32 Å². The SMILES string of the molecule is Cn1cc(CN2C[C@@H](CO)[C@H](NC(=O)c3ccccc3)C2)cn1. The van der Waals surface area contributed by atoms with Crippen LogP contribution in [0.1, 0.15) is 15.9 Å². The maximum atomic E-state index is 12.3. The number of benzene rings is 1. The molecule has 1 amide bonds. The molecule has 2 heterocycles. The molecular formula is C17H22N4O2. The van der Waals surface area contributed by atoms with Gasteiger partial charge in [0, 0.05) is 62.6 Å². The highest BCUT2D eigenvalue weighted by Crippen LogP contribution is 2.19. The first-order valence-electron chi connectivity index (χ1n) is 7.82. The van der Waals surface area contributed by atoms with Gasteiger partial charge in [0.15, 0.2) is 0 Å². The first kappa shape index (κ1) is 15.7. The molecule has 1 aliphatic rings. The normalized spacial score (nSPS) is 21.5. The number of nitrogens with zero attached hydrogens (tertiary/aromatic N) is 3. The molecule has 23 heavy (non-hydrogen) atoms. The fourth-order valence-corrected chi connectivity index (χ4v) is 3.09. The van der Waals surface area contributed by atoms with Crippen molar-refractivity contribution in [3.05, 3.63) is 53.9 Å². The van der Waals surface area contributed by atoms with E-state index in [0.29, 0.717) is 5.56 Å². The molecule has 122 valence electrons. The van der Waals surface area contributed by atoms with Crippen LogP contribution in [0.4, 0.5) is 0 Å². The molecule has 0 bridgehead atoms. The largest absolute Gasteiger partial charge is 0.396 e. The minimum Gasteiger partial charge on any atom is -0.396 e. The maximum Gasteiger partial charge on any atom is 0.251 e. The van der Waals surface area contributed by atoms with Gasteiger partial charge in [0.1, 0.15) is 0 Å². The second-order valence-corrected chi connectivity index (χ2v) is 6.10. The van der Waals surface area contributed by atoms with Crippen LogP contribution in [0.3, 0.4) is 0 Å². The lowest BCUT2D eigenvalue weighted by atomic mass is 10.0. The van der Waals surface area contributed by atoms with Crippen molar-refractivity contribution in [3.63, 3.8) is 0 Å². The van der Waals surface area contributed by atoms with E-state index in [9.17, 15) is 9.90 Å². The second-order valence-electron chi connectivity index (χ2n) is 6.10. The number of aliphatic hydroxyl groups is 1. The molecule has 2 atom stereocenters. The Bertz CT molecular complexity index is 656. The Morgan fingerprint density at radius 2 is 2.13 bits per heavy atom. The van der Waals surface area contributed by atoms with Crippen molar-refractivity contribution in [1.29, 1.82) is 0 Å². The molecule has 1 saturated heterocycles. The van der Waals surface area contributed by atoms with E-state index in [2.05, 4.69) is 15.3 Å². The van der Waals surface area contributed by atoms with Gasteiger partial charge < -0.3 is 10.4 Å². The molecule has 3 rings (SSSR count). The van der Waals surface area contributed by atoms with E-state index >= 15 is 0 Å². The predicted molar refractivity (Wildman–Crippen MR) is 86.8 cm³/mol. The molecule has 2 aromatic rings. The first-order valence-corrected chi connectivity index (χ1v) is 7.82. The van der Waals surface area contributed by atoms with Crippen molar-refractivity contribution in [2.45, 2.75) is 12.6 Å². The van der Waals surface area contributed by atoms with Gasteiger partial charge in [-0.2, -0.15) is 5.10 Å². The summed E-state index contributed by atoms with van der Waals surface area (Å²) in [4.78, 5) is 14.5. The Balaban J connectivity index is 1.61. The molecule has 2 N–H and O–H groups in total. The minimum absolute atomic E-state index is 0.0376. The number of aromatic nitrogens is 2. The third-order valence-corrected chi connectivity index (χ3v) is 4.27. The van der Waals surface area contributed by atoms with E-state index in [4.69, 9.17) is 0 Å². The van der Waals surface area contributed by atoms with Crippen LogP contribution in [0, 0.1) is 5.92 Å². The zero-order valence-corrected chi connectivity index (χ0v) is 13.2. The molecule has 0 saturated carbocycles. The Hall–Kier alpha value is -2.18. The number of carbonyl (C=O) groups is 1. The highest BCUT2D eigenvalue weighted by atomic mass is 16.3. The standard InChI is InChI=1S/C17H22N4O2/c1-20-8-13(7-18-20)9-21-10-15(12-22)16(11-21)19-17(23)14-5-3-2-4-6-14/h2-8,15-16,22H,9-12H2,1H3,(H,19,23)/t15-,16+/m0/s1.